The number of nitrogens with zero attached hydrogens (tertiary/aromatic N) is 1. The fourth-order valence-electron chi connectivity index (χ4n) is 1.86. The Hall–Kier alpha value is -2.11. The smallest absolute Gasteiger partial charge is 0.304 e. The van der Waals surface area contributed by atoms with Gasteiger partial charge in [0, 0.05) is 6.54 Å². The number of nitro groups is 1. The molecule has 1 aromatic carbocycles. The van der Waals surface area contributed by atoms with Crippen LogP contribution in [-0.2, 0) is 0 Å². The predicted molar refractivity (Wildman–Crippen MR) is 73.9 cm³/mol. The maximum Gasteiger partial charge on any atom is 0.304 e. The first-order chi connectivity index (χ1) is 9.01. The topological polar surface area (TPSA) is 98.3 Å². The first-order valence-corrected chi connectivity index (χ1v) is 6.32. The average molecular weight is 265 g/mol. The highest BCUT2D eigenvalue weighted by Crippen LogP contribution is 2.25. The Balaban J connectivity index is 2.88. The zero-order chi connectivity index (χ0) is 14.4. The summed E-state index contributed by atoms with van der Waals surface area (Å²) in [5.74, 6) is -0.0741. The van der Waals surface area contributed by atoms with Crippen molar-refractivity contribution in [1.82, 2.24) is 5.32 Å². The van der Waals surface area contributed by atoms with Crippen LogP contribution in [-0.4, -0.2) is 17.4 Å². The highest BCUT2D eigenvalue weighted by molar-refractivity contribution is 6.00. The second-order valence-corrected chi connectivity index (χ2v) is 4.39. The summed E-state index contributed by atoms with van der Waals surface area (Å²) in [7, 11) is 0. The first kappa shape index (κ1) is 14.9. The number of hydrogen-bond acceptors (Lipinski definition) is 4. The van der Waals surface area contributed by atoms with Crippen LogP contribution in [0.4, 0.5) is 11.4 Å². The standard InChI is InChI=1S/C13H19N3O3/c1-3-9(4-2)8-15-13(17)10-6-5-7-11(14)12(10)16(18)19/h5-7,9H,3-4,8,14H2,1-2H3,(H,15,17). The van der Waals surface area contributed by atoms with Gasteiger partial charge in [0.15, 0.2) is 0 Å². The van der Waals surface area contributed by atoms with Crippen molar-refractivity contribution in [3.63, 3.8) is 0 Å². The molecular formula is C13H19N3O3. The first-order valence-electron chi connectivity index (χ1n) is 6.32. The molecule has 0 radical (unpaired) electrons. The quantitative estimate of drug-likeness (QED) is 0.468. The molecule has 0 aliphatic rings. The molecule has 0 aromatic heterocycles. The van der Waals surface area contributed by atoms with Gasteiger partial charge in [0.2, 0.25) is 0 Å². The van der Waals surface area contributed by atoms with E-state index in [0.29, 0.717) is 12.5 Å². The zero-order valence-electron chi connectivity index (χ0n) is 11.2. The maximum absolute atomic E-state index is 12.0. The van der Waals surface area contributed by atoms with Crippen LogP contribution in [0.1, 0.15) is 37.0 Å². The molecule has 0 unspecified atom stereocenters. The third-order valence-electron chi connectivity index (χ3n) is 3.20. The van der Waals surface area contributed by atoms with E-state index in [1.165, 1.54) is 18.2 Å². The lowest BCUT2D eigenvalue weighted by atomic mass is 10.0. The van der Waals surface area contributed by atoms with E-state index in [1.807, 2.05) is 13.8 Å². The molecule has 3 N–H and O–H groups in total. The largest absolute Gasteiger partial charge is 0.393 e. The lowest BCUT2D eigenvalue weighted by Gasteiger charge is -2.13. The van der Waals surface area contributed by atoms with Crippen LogP contribution in [0.3, 0.4) is 0 Å². The molecular weight excluding hydrogens is 246 g/mol. The van der Waals surface area contributed by atoms with Gasteiger partial charge in [0.1, 0.15) is 11.3 Å². The minimum absolute atomic E-state index is 0.000169. The Morgan fingerprint density at radius 1 is 1.42 bits per heavy atom. The minimum Gasteiger partial charge on any atom is -0.393 e. The molecule has 0 aliphatic heterocycles. The lowest BCUT2D eigenvalue weighted by Crippen LogP contribution is -2.29. The fraction of sp³-hybridized carbons (Fsp3) is 0.462. The van der Waals surface area contributed by atoms with Gasteiger partial charge in [-0.1, -0.05) is 32.8 Å². The van der Waals surface area contributed by atoms with Crippen molar-refractivity contribution in [3.8, 4) is 0 Å². The fourth-order valence-corrected chi connectivity index (χ4v) is 1.86. The van der Waals surface area contributed by atoms with Crippen molar-refractivity contribution in [1.29, 1.82) is 0 Å². The van der Waals surface area contributed by atoms with Gasteiger partial charge in [-0.25, -0.2) is 0 Å². The lowest BCUT2D eigenvalue weighted by molar-refractivity contribution is -0.384. The number of carbonyl (C=O) groups is 1. The van der Waals surface area contributed by atoms with E-state index in [4.69, 9.17) is 5.73 Å². The van der Waals surface area contributed by atoms with Gasteiger partial charge in [-0.2, -0.15) is 0 Å². The number of para-hydroxylation sites is 1. The van der Waals surface area contributed by atoms with Crippen molar-refractivity contribution in [2.45, 2.75) is 26.7 Å². The molecule has 1 amide bonds. The van der Waals surface area contributed by atoms with Crippen LogP contribution < -0.4 is 11.1 Å². The summed E-state index contributed by atoms with van der Waals surface area (Å²) in [4.78, 5) is 22.3. The van der Waals surface area contributed by atoms with Crippen molar-refractivity contribution in [3.05, 3.63) is 33.9 Å². The number of nitrogens with two attached hydrogens (primary N) is 1. The van der Waals surface area contributed by atoms with E-state index < -0.39 is 10.8 Å². The van der Waals surface area contributed by atoms with Gasteiger partial charge in [-0.15, -0.1) is 0 Å². The number of nitrogen functional groups attached to an aromatic ring is 1. The van der Waals surface area contributed by atoms with Crippen LogP contribution in [0.25, 0.3) is 0 Å². The summed E-state index contributed by atoms with van der Waals surface area (Å²) in [6.07, 6.45) is 1.91. The molecule has 0 saturated heterocycles. The summed E-state index contributed by atoms with van der Waals surface area (Å²) in [5, 5.41) is 13.7. The molecule has 104 valence electrons. The molecule has 1 rings (SSSR count). The average Bonchev–Trinajstić information content (AvgIpc) is 2.38. The highest BCUT2D eigenvalue weighted by Gasteiger charge is 2.23. The summed E-state index contributed by atoms with van der Waals surface area (Å²) < 4.78 is 0. The third kappa shape index (κ3) is 3.67. The Bertz CT molecular complexity index is 470. The maximum atomic E-state index is 12.0. The molecule has 0 heterocycles. The summed E-state index contributed by atoms with van der Waals surface area (Å²) in [5.41, 5.74) is 5.23. The van der Waals surface area contributed by atoms with E-state index in [0.717, 1.165) is 12.8 Å². The number of carbonyl (C=O) groups excluding carboxylic acids is 1. The molecule has 0 aliphatic carbocycles. The zero-order valence-corrected chi connectivity index (χ0v) is 11.2. The van der Waals surface area contributed by atoms with Crippen molar-refractivity contribution < 1.29 is 9.72 Å². The SMILES string of the molecule is CCC(CC)CNC(=O)c1cccc(N)c1[N+](=O)[O-]. The minimum atomic E-state index is -0.624. The van der Waals surface area contributed by atoms with Crippen LogP contribution in [0.2, 0.25) is 0 Å². The monoisotopic (exact) mass is 265 g/mol. The van der Waals surface area contributed by atoms with Crippen LogP contribution in [0.5, 0.6) is 0 Å². The molecule has 0 spiro atoms. The predicted octanol–water partition coefficient (Wildman–Crippen LogP) is 2.34. The van der Waals surface area contributed by atoms with Crippen molar-refractivity contribution >= 4 is 17.3 Å². The van der Waals surface area contributed by atoms with E-state index in [-0.39, 0.29) is 16.9 Å². The molecule has 0 saturated carbocycles. The molecule has 0 atom stereocenters. The van der Waals surface area contributed by atoms with Gasteiger partial charge < -0.3 is 11.1 Å². The Morgan fingerprint density at radius 3 is 2.58 bits per heavy atom. The summed E-state index contributed by atoms with van der Waals surface area (Å²) in [6.45, 7) is 4.60. The molecule has 1 aromatic rings. The van der Waals surface area contributed by atoms with Crippen LogP contribution in [0.15, 0.2) is 18.2 Å². The number of nitrogens with one attached hydrogen (secondary N) is 1. The molecule has 0 bridgehead atoms. The third-order valence-corrected chi connectivity index (χ3v) is 3.20. The summed E-state index contributed by atoms with van der Waals surface area (Å²) in [6, 6.07) is 4.36. The Morgan fingerprint density at radius 2 is 2.05 bits per heavy atom. The van der Waals surface area contributed by atoms with Crippen LogP contribution in [0, 0.1) is 16.0 Å². The number of rotatable bonds is 6. The van der Waals surface area contributed by atoms with E-state index in [2.05, 4.69) is 5.32 Å². The van der Waals surface area contributed by atoms with Gasteiger partial charge >= 0.3 is 5.69 Å². The van der Waals surface area contributed by atoms with E-state index in [9.17, 15) is 14.9 Å². The number of nitro benzene ring substituents is 1. The summed E-state index contributed by atoms with van der Waals surface area (Å²) >= 11 is 0. The molecule has 6 heteroatoms. The molecule has 6 nitrogen and oxygen atoms in total. The Labute approximate surface area is 112 Å². The second kappa shape index (κ2) is 6.72. The number of anilines is 1. The van der Waals surface area contributed by atoms with Crippen LogP contribution >= 0.6 is 0 Å². The normalized spacial score (nSPS) is 10.5. The molecule has 0 fully saturated rings. The van der Waals surface area contributed by atoms with Gasteiger partial charge in [-0.05, 0) is 18.1 Å². The second-order valence-electron chi connectivity index (χ2n) is 4.39. The number of amides is 1. The van der Waals surface area contributed by atoms with Gasteiger partial charge in [0.05, 0.1) is 4.92 Å². The van der Waals surface area contributed by atoms with Gasteiger partial charge in [-0.3, -0.25) is 14.9 Å². The Kier molecular flexibility index (Phi) is 5.29. The van der Waals surface area contributed by atoms with E-state index in [1.54, 1.807) is 0 Å². The number of benzene rings is 1. The highest BCUT2D eigenvalue weighted by atomic mass is 16.6. The van der Waals surface area contributed by atoms with E-state index >= 15 is 0 Å². The van der Waals surface area contributed by atoms with Crippen molar-refractivity contribution in [2.24, 2.45) is 5.92 Å². The van der Waals surface area contributed by atoms with Gasteiger partial charge in [0.25, 0.3) is 5.91 Å². The molecule has 19 heavy (non-hydrogen) atoms. The van der Waals surface area contributed by atoms with Crippen molar-refractivity contribution in [2.75, 3.05) is 12.3 Å². The number of hydrogen-bond donors (Lipinski definition) is 2.